The number of carbonyl (C=O) groups is 1. The van der Waals surface area contributed by atoms with Crippen LogP contribution in [0.5, 0.6) is 0 Å². The fourth-order valence-corrected chi connectivity index (χ4v) is 2.00. The lowest BCUT2D eigenvalue weighted by molar-refractivity contribution is 0.140. The van der Waals surface area contributed by atoms with Crippen molar-refractivity contribution in [3.8, 4) is 0 Å². The Morgan fingerprint density at radius 2 is 1.70 bits per heavy atom. The third-order valence-corrected chi connectivity index (χ3v) is 3.34. The van der Waals surface area contributed by atoms with Crippen LogP contribution in [0.15, 0.2) is 59.1 Å². The van der Waals surface area contributed by atoms with E-state index >= 15 is 0 Å². The molecular weight excluding hydrogens is 318 g/mol. The minimum absolute atomic E-state index is 0.297. The summed E-state index contributed by atoms with van der Waals surface area (Å²) in [5.74, 6) is 0. The number of carbonyl (C=O) groups excluding carboxylic acids is 1. The van der Waals surface area contributed by atoms with Crippen molar-refractivity contribution in [3.63, 3.8) is 0 Å². The van der Waals surface area contributed by atoms with Crippen molar-refractivity contribution in [2.45, 2.75) is 13.0 Å². The van der Waals surface area contributed by atoms with Gasteiger partial charge in [-0.3, -0.25) is 0 Å². The first-order valence-electron chi connectivity index (χ1n) is 6.43. The number of ether oxygens (including phenoxy) is 1. The smallest absolute Gasteiger partial charge is 0.407 e. The van der Waals surface area contributed by atoms with E-state index in [0.717, 1.165) is 16.5 Å². The third-order valence-electron chi connectivity index (χ3n) is 2.81. The average Bonchev–Trinajstić information content (AvgIpc) is 2.48. The van der Waals surface area contributed by atoms with Crippen molar-refractivity contribution < 1.29 is 9.53 Å². The van der Waals surface area contributed by atoms with Crippen molar-refractivity contribution in [2.24, 2.45) is 0 Å². The number of halogens is 1. The molecule has 104 valence electrons. The topological polar surface area (TPSA) is 38.3 Å². The molecule has 0 aromatic heterocycles. The molecular formula is C16H16BrNO2. The Balaban J connectivity index is 1.66. The van der Waals surface area contributed by atoms with E-state index < -0.39 is 0 Å². The molecule has 4 heteroatoms. The van der Waals surface area contributed by atoms with E-state index in [0.29, 0.717) is 13.2 Å². The van der Waals surface area contributed by atoms with Gasteiger partial charge in [0.25, 0.3) is 0 Å². The molecule has 0 saturated carbocycles. The molecule has 0 aliphatic heterocycles. The molecule has 0 radical (unpaired) electrons. The van der Waals surface area contributed by atoms with Gasteiger partial charge >= 0.3 is 6.09 Å². The Morgan fingerprint density at radius 1 is 1.00 bits per heavy atom. The zero-order valence-electron chi connectivity index (χ0n) is 11.0. The Kier molecular flexibility index (Phi) is 5.62. The number of amides is 1. The first-order chi connectivity index (χ1) is 9.74. The molecule has 0 bridgehead atoms. The maximum atomic E-state index is 11.5. The Hall–Kier alpha value is -1.81. The molecule has 1 amide bonds. The van der Waals surface area contributed by atoms with E-state index in [-0.39, 0.29) is 6.09 Å². The van der Waals surface area contributed by atoms with Gasteiger partial charge in [-0.2, -0.15) is 0 Å². The van der Waals surface area contributed by atoms with Gasteiger partial charge in [0.15, 0.2) is 0 Å². The second-order valence-electron chi connectivity index (χ2n) is 4.36. The molecule has 20 heavy (non-hydrogen) atoms. The van der Waals surface area contributed by atoms with Crippen LogP contribution < -0.4 is 5.32 Å². The van der Waals surface area contributed by atoms with Crippen LogP contribution in [0.1, 0.15) is 11.1 Å². The highest BCUT2D eigenvalue weighted by Gasteiger charge is 2.02. The summed E-state index contributed by atoms with van der Waals surface area (Å²) in [6.45, 7) is 0.861. The second-order valence-corrected chi connectivity index (χ2v) is 5.28. The van der Waals surface area contributed by atoms with E-state index in [9.17, 15) is 4.79 Å². The van der Waals surface area contributed by atoms with Gasteiger partial charge in [-0.1, -0.05) is 58.4 Å². The minimum Gasteiger partial charge on any atom is -0.445 e. The average molecular weight is 334 g/mol. The van der Waals surface area contributed by atoms with Gasteiger partial charge in [0.05, 0.1) is 0 Å². The van der Waals surface area contributed by atoms with E-state index in [1.54, 1.807) is 0 Å². The van der Waals surface area contributed by atoms with Crippen LogP contribution >= 0.6 is 15.9 Å². The summed E-state index contributed by atoms with van der Waals surface area (Å²) in [5.41, 5.74) is 2.16. The lowest BCUT2D eigenvalue weighted by Gasteiger charge is -2.07. The summed E-state index contributed by atoms with van der Waals surface area (Å²) in [6, 6.07) is 17.7. The van der Waals surface area contributed by atoms with Crippen LogP contribution in [0.4, 0.5) is 4.79 Å². The number of benzene rings is 2. The zero-order valence-corrected chi connectivity index (χ0v) is 12.6. The van der Waals surface area contributed by atoms with E-state index in [1.807, 2.05) is 54.6 Å². The summed E-state index contributed by atoms with van der Waals surface area (Å²) in [4.78, 5) is 11.5. The molecule has 0 atom stereocenters. The van der Waals surface area contributed by atoms with Crippen molar-refractivity contribution in [2.75, 3.05) is 6.54 Å². The molecule has 1 N–H and O–H groups in total. The first-order valence-corrected chi connectivity index (χ1v) is 7.22. The number of hydrogen-bond acceptors (Lipinski definition) is 2. The van der Waals surface area contributed by atoms with Crippen molar-refractivity contribution in [1.82, 2.24) is 5.32 Å². The molecule has 0 spiro atoms. The summed E-state index contributed by atoms with van der Waals surface area (Å²) < 4.78 is 6.18. The Bertz CT molecular complexity index is 540. The van der Waals surface area contributed by atoms with Crippen molar-refractivity contribution in [1.29, 1.82) is 0 Å². The molecule has 2 aromatic rings. The van der Waals surface area contributed by atoms with E-state index in [4.69, 9.17) is 4.74 Å². The number of hydrogen-bond donors (Lipinski definition) is 1. The predicted molar refractivity (Wildman–Crippen MR) is 82.5 cm³/mol. The standard InChI is InChI=1S/C16H16BrNO2/c17-15-8-6-13(7-9-15)10-11-18-16(19)20-12-14-4-2-1-3-5-14/h1-9H,10-12H2,(H,18,19). The SMILES string of the molecule is O=C(NCCc1ccc(Br)cc1)OCc1ccccc1. The monoisotopic (exact) mass is 333 g/mol. The summed E-state index contributed by atoms with van der Waals surface area (Å²) >= 11 is 3.39. The fourth-order valence-electron chi connectivity index (χ4n) is 1.73. The van der Waals surface area contributed by atoms with Gasteiger partial charge in [0, 0.05) is 11.0 Å². The maximum Gasteiger partial charge on any atom is 0.407 e. The predicted octanol–water partition coefficient (Wildman–Crippen LogP) is 3.92. The van der Waals surface area contributed by atoms with Crippen LogP contribution in [0.3, 0.4) is 0 Å². The third kappa shape index (κ3) is 5.05. The maximum absolute atomic E-state index is 11.5. The molecule has 2 aromatic carbocycles. The normalized spacial score (nSPS) is 10.1. The minimum atomic E-state index is -0.383. The molecule has 0 unspecified atom stereocenters. The highest BCUT2D eigenvalue weighted by molar-refractivity contribution is 9.10. The van der Waals surface area contributed by atoms with Crippen molar-refractivity contribution in [3.05, 3.63) is 70.2 Å². The fraction of sp³-hybridized carbons (Fsp3) is 0.188. The quantitative estimate of drug-likeness (QED) is 0.900. The number of alkyl carbamates (subject to hydrolysis) is 1. The highest BCUT2D eigenvalue weighted by Crippen LogP contribution is 2.10. The van der Waals surface area contributed by atoms with Crippen LogP contribution in [0, 0.1) is 0 Å². The van der Waals surface area contributed by atoms with Gasteiger partial charge in [0.1, 0.15) is 6.61 Å². The number of rotatable bonds is 5. The molecule has 0 saturated heterocycles. The van der Waals surface area contributed by atoms with Gasteiger partial charge < -0.3 is 10.1 Å². The van der Waals surface area contributed by atoms with Crippen LogP contribution in [-0.4, -0.2) is 12.6 Å². The number of nitrogens with one attached hydrogen (secondary N) is 1. The summed E-state index contributed by atoms with van der Waals surface area (Å²) in [5, 5.41) is 2.74. The van der Waals surface area contributed by atoms with Crippen LogP contribution in [-0.2, 0) is 17.8 Å². The molecule has 3 nitrogen and oxygen atoms in total. The van der Waals surface area contributed by atoms with Gasteiger partial charge in [-0.25, -0.2) is 4.79 Å². The Morgan fingerprint density at radius 3 is 2.40 bits per heavy atom. The van der Waals surface area contributed by atoms with E-state index in [2.05, 4.69) is 21.2 Å². The molecule has 0 heterocycles. The summed E-state index contributed by atoms with van der Waals surface area (Å²) in [6.07, 6.45) is 0.402. The zero-order chi connectivity index (χ0) is 14.2. The van der Waals surface area contributed by atoms with Crippen molar-refractivity contribution >= 4 is 22.0 Å². The van der Waals surface area contributed by atoms with Gasteiger partial charge in [-0.05, 0) is 29.7 Å². The van der Waals surface area contributed by atoms with Gasteiger partial charge in [-0.15, -0.1) is 0 Å². The highest BCUT2D eigenvalue weighted by atomic mass is 79.9. The van der Waals surface area contributed by atoms with E-state index in [1.165, 1.54) is 5.56 Å². The largest absolute Gasteiger partial charge is 0.445 e. The Labute approximate surface area is 127 Å². The first kappa shape index (κ1) is 14.6. The lowest BCUT2D eigenvalue weighted by atomic mass is 10.1. The second kappa shape index (κ2) is 7.70. The molecule has 2 rings (SSSR count). The molecule has 0 aliphatic rings. The van der Waals surface area contributed by atoms with Crippen LogP contribution in [0.25, 0.3) is 0 Å². The summed E-state index contributed by atoms with van der Waals surface area (Å²) in [7, 11) is 0. The van der Waals surface area contributed by atoms with Gasteiger partial charge in [0.2, 0.25) is 0 Å². The van der Waals surface area contributed by atoms with Crippen LogP contribution in [0.2, 0.25) is 0 Å². The molecule has 0 fully saturated rings. The molecule has 0 aliphatic carbocycles. The lowest BCUT2D eigenvalue weighted by Crippen LogP contribution is -2.26.